The first kappa shape index (κ1) is 28.2. The third kappa shape index (κ3) is 29.4. The first-order valence-electron chi connectivity index (χ1n) is 6.55. The molecule has 3 N–H and O–H groups in total. The summed E-state index contributed by atoms with van der Waals surface area (Å²) in [5.74, 6) is 0.128. The second-order valence-corrected chi connectivity index (χ2v) is 4.70. The lowest BCUT2D eigenvalue weighted by molar-refractivity contribution is -0.152. The van der Waals surface area contributed by atoms with Crippen molar-refractivity contribution in [3.8, 4) is 0 Å². The molecule has 0 amide bonds. The minimum Gasteiger partial charge on any atom is -0.439 e. The van der Waals surface area contributed by atoms with E-state index in [0.29, 0.717) is 17.3 Å². The largest absolute Gasteiger partial charge is 0.439 e. The van der Waals surface area contributed by atoms with Crippen LogP contribution in [0.5, 0.6) is 0 Å². The Balaban J connectivity index is -0.000000276. The maximum Gasteiger partial charge on any atom is 0.308 e. The van der Waals surface area contributed by atoms with Gasteiger partial charge >= 0.3 is 17.9 Å². The van der Waals surface area contributed by atoms with Crippen LogP contribution >= 0.6 is 37.9 Å². The summed E-state index contributed by atoms with van der Waals surface area (Å²) >= 11 is 11.3. The summed E-state index contributed by atoms with van der Waals surface area (Å²) in [6.07, 6.45) is 0.761. The predicted molar refractivity (Wildman–Crippen MR) is 94.9 cm³/mol. The molecule has 0 aromatic carbocycles. The summed E-state index contributed by atoms with van der Waals surface area (Å²) < 4.78 is 12.5. The van der Waals surface area contributed by atoms with Crippen molar-refractivity contribution >= 4 is 55.8 Å². The van der Waals surface area contributed by atoms with Crippen LogP contribution in [0.4, 0.5) is 0 Å². The molecule has 24 heavy (non-hydrogen) atoms. The predicted octanol–water partition coefficient (Wildman–Crippen LogP) is -0.602. The number of hydrogen-bond acceptors (Lipinski definition) is 12. The molecule has 0 unspecified atom stereocenters. The Morgan fingerprint density at radius 1 is 0.583 bits per heavy atom. The van der Waals surface area contributed by atoms with Gasteiger partial charge in [0, 0.05) is 17.3 Å². The molecule has 0 rings (SSSR count). The van der Waals surface area contributed by atoms with E-state index in [-0.39, 0.29) is 19.3 Å². The summed E-state index contributed by atoms with van der Waals surface area (Å²) in [5.41, 5.74) is 0. The lowest BCUT2D eigenvalue weighted by Crippen LogP contribution is -2.04. The van der Waals surface area contributed by atoms with E-state index in [1.165, 1.54) is 0 Å². The van der Waals surface area contributed by atoms with Gasteiger partial charge in [-0.1, -0.05) is 0 Å². The van der Waals surface area contributed by atoms with E-state index < -0.39 is 38.3 Å². The Hall–Kier alpha value is -0.660. The van der Waals surface area contributed by atoms with Crippen molar-refractivity contribution in [3.63, 3.8) is 0 Å². The molecule has 0 aliphatic rings. The highest BCUT2D eigenvalue weighted by atomic mass is 32.1. The van der Waals surface area contributed by atoms with Gasteiger partial charge in [0.25, 0.3) is 0 Å². The summed E-state index contributed by atoms with van der Waals surface area (Å²) in [6, 6.07) is 0. The molecule has 9 nitrogen and oxygen atoms in total. The molecule has 144 valence electrons. The molecule has 0 radical (unpaired) electrons. The summed E-state index contributed by atoms with van der Waals surface area (Å²) in [4.78, 5) is 30.6. The number of esters is 3. The van der Waals surface area contributed by atoms with Gasteiger partial charge in [-0.2, -0.15) is 37.9 Å². The van der Waals surface area contributed by atoms with E-state index in [9.17, 15) is 14.4 Å². The molecule has 0 atom stereocenters. The smallest absolute Gasteiger partial charge is 0.308 e. The number of hydrogen-bond donors (Lipinski definition) is 6. The zero-order valence-electron chi connectivity index (χ0n) is 13.0. The summed E-state index contributed by atoms with van der Waals surface area (Å²) in [6.45, 7) is -1.61. The Bertz CT molecular complexity index is 245. The average molecular weight is 409 g/mol. The van der Waals surface area contributed by atoms with Crippen molar-refractivity contribution in [2.24, 2.45) is 0 Å². The van der Waals surface area contributed by atoms with Crippen LogP contribution in [0.3, 0.4) is 0 Å². The van der Waals surface area contributed by atoms with E-state index in [4.69, 9.17) is 15.3 Å². The molecule has 12 heteroatoms. The van der Waals surface area contributed by atoms with Crippen LogP contribution in [0.1, 0.15) is 19.3 Å². The van der Waals surface area contributed by atoms with Gasteiger partial charge in [0.1, 0.15) is 0 Å². The summed E-state index contributed by atoms with van der Waals surface area (Å²) in [7, 11) is 0. The fourth-order valence-corrected chi connectivity index (χ4v) is 1.25. The second kappa shape index (κ2) is 24.6. The van der Waals surface area contributed by atoms with E-state index in [0.717, 1.165) is 0 Å². The monoisotopic (exact) mass is 408 g/mol. The number of rotatable bonds is 9. The maximum absolute atomic E-state index is 10.2. The van der Waals surface area contributed by atoms with Gasteiger partial charge in [-0.05, 0) is 0 Å². The van der Waals surface area contributed by atoms with Gasteiger partial charge in [-0.25, -0.2) is 0 Å². The molecule has 0 bridgehead atoms. The molecule has 0 aromatic heterocycles. The highest BCUT2D eigenvalue weighted by Gasteiger charge is 1.97. The highest BCUT2D eigenvalue weighted by Crippen LogP contribution is 1.87. The van der Waals surface area contributed by atoms with E-state index in [1.54, 1.807) is 0 Å². The fraction of sp³-hybridized carbons (Fsp3) is 0.750. The third-order valence-electron chi connectivity index (χ3n) is 1.62. The van der Waals surface area contributed by atoms with Gasteiger partial charge in [0.05, 0.1) is 19.3 Å². The number of ether oxygens (including phenoxy) is 3. The zero-order valence-corrected chi connectivity index (χ0v) is 15.7. The molecular formula is C12H24O9S3. The minimum atomic E-state index is -0.535. The van der Waals surface area contributed by atoms with Crippen LogP contribution in [-0.2, 0) is 28.6 Å². The Morgan fingerprint density at radius 2 is 0.792 bits per heavy atom. The number of thiol groups is 3. The van der Waals surface area contributed by atoms with Crippen LogP contribution in [0.2, 0.25) is 0 Å². The normalized spacial score (nSPS) is 8.75. The molecule has 0 aliphatic heterocycles. The zero-order chi connectivity index (χ0) is 19.2. The number of aliphatic hydroxyl groups excluding tert-OH is 3. The van der Waals surface area contributed by atoms with E-state index in [1.807, 2.05) is 0 Å². The first-order chi connectivity index (χ1) is 11.4. The van der Waals surface area contributed by atoms with Gasteiger partial charge < -0.3 is 29.5 Å². The van der Waals surface area contributed by atoms with Gasteiger partial charge in [0.15, 0.2) is 20.4 Å². The topological polar surface area (TPSA) is 140 Å². The molecular weight excluding hydrogens is 384 g/mol. The van der Waals surface area contributed by atoms with Crippen LogP contribution in [-0.4, -0.2) is 70.9 Å². The Morgan fingerprint density at radius 3 is 0.917 bits per heavy atom. The molecule has 0 fully saturated rings. The first-order valence-corrected chi connectivity index (χ1v) is 8.45. The lowest BCUT2D eigenvalue weighted by Gasteiger charge is -1.95. The standard InChI is InChI=1S/3C4H8O3S/c3*5-3-7-4(6)1-2-8/h3*5,8H,1-3H2. The SMILES string of the molecule is O=C(CCS)OCO.O=C(CCS)OCO.O=C(CCS)OCO. The lowest BCUT2D eigenvalue weighted by atomic mass is 10.5. The minimum absolute atomic E-state index is 0.254. The molecule has 0 saturated heterocycles. The van der Waals surface area contributed by atoms with Crippen LogP contribution < -0.4 is 0 Å². The van der Waals surface area contributed by atoms with E-state index in [2.05, 4.69) is 52.1 Å². The highest BCUT2D eigenvalue weighted by molar-refractivity contribution is 7.80. The van der Waals surface area contributed by atoms with Crippen LogP contribution in [0.25, 0.3) is 0 Å². The van der Waals surface area contributed by atoms with Gasteiger partial charge in [-0.3, -0.25) is 14.4 Å². The molecule has 0 spiro atoms. The number of carbonyl (C=O) groups is 3. The van der Waals surface area contributed by atoms with Crippen molar-refractivity contribution in [1.82, 2.24) is 0 Å². The quantitative estimate of drug-likeness (QED) is 0.128. The molecule has 0 aliphatic carbocycles. The number of carbonyl (C=O) groups excluding carboxylic acids is 3. The van der Waals surface area contributed by atoms with Gasteiger partial charge in [0.2, 0.25) is 0 Å². The van der Waals surface area contributed by atoms with Crippen LogP contribution in [0.15, 0.2) is 0 Å². The average Bonchev–Trinajstić information content (AvgIpc) is 2.50. The molecule has 0 aromatic rings. The van der Waals surface area contributed by atoms with Crippen molar-refractivity contribution < 1.29 is 43.9 Å². The second-order valence-electron chi connectivity index (χ2n) is 3.36. The third-order valence-corrected chi connectivity index (χ3v) is 2.30. The molecule has 0 saturated carbocycles. The molecule has 0 heterocycles. The Kier molecular flexibility index (Phi) is 28.8. The number of aliphatic hydroxyl groups is 3. The van der Waals surface area contributed by atoms with Crippen molar-refractivity contribution in [2.75, 3.05) is 37.6 Å². The maximum atomic E-state index is 10.2. The van der Waals surface area contributed by atoms with Crippen molar-refractivity contribution in [3.05, 3.63) is 0 Å². The van der Waals surface area contributed by atoms with Crippen LogP contribution in [0, 0.1) is 0 Å². The summed E-state index contributed by atoms with van der Waals surface area (Å²) in [5, 5.41) is 24.0. The van der Waals surface area contributed by atoms with Crippen molar-refractivity contribution in [2.45, 2.75) is 19.3 Å². The van der Waals surface area contributed by atoms with Gasteiger partial charge in [-0.15, -0.1) is 0 Å². The van der Waals surface area contributed by atoms with E-state index >= 15 is 0 Å². The van der Waals surface area contributed by atoms with Crippen molar-refractivity contribution in [1.29, 1.82) is 0 Å². The fourth-order valence-electron chi connectivity index (χ4n) is 0.706. The Labute approximate surface area is 156 Å².